The van der Waals surface area contributed by atoms with Crippen LogP contribution in [0.2, 0.25) is 0 Å². The van der Waals surface area contributed by atoms with Crippen LogP contribution in [0.3, 0.4) is 0 Å². The van der Waals surface area contributed by atoms with E-state index in [-0.39, 0.29) is 16.3 Å². The number of rotatable bonds is 8. The molecule has 9 heteroatoms. The van der Waals surface area contributed by atoms with Crippen LogP contribution in [0.15, 0.2) is 52.3 Å². The zero-order valence-corrected chi connectivity index (χ0v) is 17.1. The van der Waals surface area contributed by atoms with Crippen LogP contribution in [0.5, 0.6) is 11.5 Å². The molecule has 0 spiro atoms. The van der Waals surface area contributed by atoms with Gasteiger partial charge in [0.25, 0.3) is 10.0 Å². The van der Waals surface area contributed by atoms with Gasteiger partial charge in [-0.2, -0.15) is 0 Å². The predicted octanol–water partition coefficient (Wildman–Crippen LogP) is 2.79. The lowest BCUT2D eigenvalue weighted by Gasteiger charge is -2.25. The van der Waals surface area contributed by atoms with E-state index in [0.717, 1.165) is 9.20 Å². The molecule has 0 fully saturated rings. The monoisotopic (exact) mass is 411 g/mol. The van der Waals surface area contributed by atoms with Crippen molar-refractivity contribution >= 4 is 33.4 Å². The first kappa shape index (κ1) is 20.9. The van der Waals surface area contributed by atoms with Gasteiger partial charge in [0.15, 0.2) is 0 Å². The van der Waals surface area contributed by atoms with Gasteiger partial charge in [0, 0.05) is 11.0 Å². The number of esters is 1. The number of hydrogen-bond donors (Lipinski definition) is 0. The number of thioether (sulfide) groups is 1. The van der Waals surface area contributed by atoms with Crippen LogP contribution < -0.4 is 13.8 Å². The van der Waals surface area contributed by atoms with Gasteiger partial charge in [0.2, 0.25) is 0 Å². The summed E-state index contributed by atoms with van der Waals surface area (Å²) in [5.41, 5.74) is 0.206. The second kappa shape index (κ2) is 9.01. The summed E-state index contributed by atoms with van der Waals surface area (Å²) < 4.78 is 42.6. The minimum absolute atomic E-state index is 0.0575. The Bertz CT molecular complexity index is 897. The van der Waals surface area contributed by atoms with Gasteiger partial charge in [-0.3, -0.25) is 9.10 Å². The second-order valence-corrected chi connectivity index (χ2v) is 8.04. The lowest BCUT2D eigenvalue weighted by atomic mass is 10.2. The number of sulfonamides is 1. The molecule has 0 aliphatic rings. The first-order chi connectivity index (χ1) is 12.9. The maximum Gasteiger partial charge on any atom is 0.326 e. The van der Waals surface area contributed by atoms with E-state index in [4.69, 9.17) is 9.47 Å². The fourth-order valence-corrected chi connectivity index (χ4v) is 4.18. The Morgan fingerprint density at radius 1 is 1.04 bits per heavy atom. The summed E-state index contributed by atoms with van der Waals surface area (Å²) in [5, 5.41) is 0. The molecule has 2 aromatic rings. The SMILES string of the molecule is COC(=O)CN(c1ccc(OC)cc1OC)S(=O)(=O)c1ccc(SC)cc1. The van der Waals surface area contributed by atoms with Crippen molar-refractivity contribution in [3.05, 3.63) is 42.5 Å². The van der Waals surface area contributed by atoms with Gasteiger partial charge in [0.1, 0.15) is 18.0 Å². The molecule has 0 amide bonds. The third-order valence-corrected chi connectivity index (χ3v) is 6.32. The van der Waals surface area contributed by atoms with Crippen molar-refractivity contribution in [1.82, 2.24) is 0 Å². The van der Waals surface area contributed by atoms with Crippen LogP contribution in [0.25, 0.3) is 0 Å². The average Bonchev–Trinajstić information content (AvgIpc) is 2.71. The van der Waals surface area contributed by atoms with Crippen LogP contribution in [0, 0.1) is 0 Å². The number of methoxy groups -OCH3 is 3. The van der Waals surface area contributed by atoms with Crippen LogP contribution in [-0.2, 0) is 19.6 Å². The Labute approximate surface area is 163 Å². The number of ether oxygens (including phenoxy) is 3. The zero-order valence-electron chi connectivity index (χ0n) is 15.5. The molecular weight excluding hydrogens is 390 g/mol. The van der Waals surface area contributed by atoms with E-state index in [1.165, 1.54) is 51.3 Å². The summed E-state index contributed by atoms with van der Waals surface area (Å²) in [6, 6.07) is 11.1. The standard InChI is InChI=1S/C18H21NO6S2/c1-23-13-5-10-16(17(11-13)24-2)19(12-18(20)25-3)27(21,22)15-8-6-14(26-4)7-9-15/h5-11H,12H2,1-4H3. The third-order valence-electron chi connectivity index (χ3n) is 3.80. The highest BCUT2D eigenvalue weighted by molar-refractivity contribution is 7.98. The van der Waals surface area contributed by atoms with Crippen molar-refractivity contribution < 1.29 is 27.4 Å². The van der Waals surface area contributed by atoms with Gasteiger partial charge < -0.3 is 14.2 Å². The maximum absolute atomic E-state index is 13.2. The van der Waals surface area contributed by atoms with Crippen molar-refractivity contribution in [2.75, 3.05) is 38.4 Å². The number of benzene rings is 2. The van der Waals surface area contributed by atoms with Crippen LogP contribution in [0.4, 0.5) is 5.69 Å². The first-order valence-electron chi connectivity index (χ1n) is 7.83. The highest BCUT2D eigenvalue weighted by Gasteiger charge is 2.30. The maximum atomic E-state index is 13.2. The van der Waals surface area contributed by atoms with E-state index in [9.17, 15) is 13.2 Å². The normalized spacial score (nSPS) is 11.0. The largest absolute Gasteiger partial charge is 0.497 e. The van der Waals surface area contributed by atoms with Gasteiger partial charge >= 0.3 is 5.97 Å². The second-order valence-electron chi connectivity index (χ2n) is 5.30. The number of hydrogen-bond acceptors (Lipinski definition) is 7. The van der Waals surface area contributed by atoms with Gasteiger partial charge in [-0.05, 0) is 42.7 Å². The van der Waals surface area contributed by atoms with Gasteiger partial charge in [0.05, 0.1) is 31.9 Å². The topological polar surface area (TPSA) is 82.1 Å². The molecule has 0 saturated heterocycles. The summed E-state index contributed by atoms with van der Waals surface area (Å²) in [6.07, 6.45) is 1.90. The summed E-state index contributed by atoms with van der Waals surface area (Å²) in [4.78, 5) is 12.9. The summed E-state index contributed by atoms with van der Waals surface area (Å²) in [5.74, 6) is 0.0510. The summed E-state index contributed by atoms with van der Waals surface area (Å²) in [7, 11) is 0.0680. The zero-order chi connectivity index (χ0) is 20.0. The summed E-state index contributed by atoms with van der Waals surface area (Å²) in [6.45, 7) is -0.494. The minimum Gasteiger partial charge on any atom is -0.497 e. The van der Waals surface area contributed by atoms with Gasteiger partial charge in [-0.15, -0.1) is 11.8 Å². The molecule has 0 aliphatic carbocycles. The van der Waals surface area contributed by atoms with Crippen LogP contribution >= 0.6 is 11.8 Å². The Morgan fingerprint density at radius 2 is 1.70 bits per heavy atom. The lowest BCUT2D eigenvalue weighted by molar-refractivity contribution is -0.138. The van der Waals surface area contributed by atoms with Gasteiger partial charge in [-0.1, -0.05) is 0 Å². The lowest BCUT2D eigenvalue weighted by Crippen LogP contribution is -2.36. The van der Waals surface area contributed by atoms with Crippen molar-refractivity contribution in [3.8, 4) is 11.5 Å². The Hall–Kier alpha value is -2.39. The van der Waals surface area contributed by atoms with E-state index in [1.54, 1.807) is 24.3 Å². The van der Waals surface area contributed by atoms with E-state index in [1.807, 2.05) is 6.26 Å². The molecule has 27 heavy (non-hydrogen) atoms. The Kier molecular flexibility index (Phi) is 6.98. The van der Waals surface area contributed by atoms with E-state index >= 15 is 0 Å². The Morgan fingerprint density at radius 3 is 2.22 bits per heavy atom. The molecule has 0 bridgehead atoms. The number of anilines is 1. The molecule has 0 aromatic heterocycles. The average molecular weight is 412 g/mol. The number of carbonyl (C=O) groups excluding carboxylic acids is 1. The smallest absolute Gasteiger partial charge is 0.326 e. The molecule has 0 atom stereocenters. The fourth-order valence-electron chi connectivity index (χ4n) is 2.35. The van der Waals surface area contributed by atoms with Crippen LogP contribution in [-0.4, -0.2) is 48.5 Å². The molecule has 146 valence electrons. The first-order valence-corrected chi connectivity index (χ1v) is 10.5. The van der Waals surface area contributed by atoms with E-state index in [2.05, 4.69) is 4.74 Å². The molecule has 2 rings (SSSR count). The molecule has 0 unspecified atom stereocenters. The molecule has 0 radical (unpaired) electrons. The van der Waals surface area contributed by atoms with Gasteiger partial charge in [-0.25, -0.2) is 8.42 Å². The van der Waals surface area contributed by atoms with Crippen molar-refractivity contribution in [2.24, 2.45) is 0 Å². The fraction of sp³-hybridized carbons (Fsp3) is 0.278. The van der Waals surface area contributed by atoms with Crippen molar-refractivity contribution in [3.63, 3.8) is 0 Å². The number of nitrogens with zero attached hydrogens (tertiary/aromatic N) is 1. The van der Waals surface area contributed by atoms with Crippen molar-refractivity contribution in [1.29, 1.82) is 0 Å². The highest BCUT2D eigenvalue weighted by atomic mass is 32.2. The van der Waals surface area contributed by atoms with Crippen molar-refractivity contribution in [2.45, 2.75) is 9.79 Å². The quantitative estimate of drug-likeness (QED) is 0.488. The van der Waals surface area contributed by atoms with E-state index in [0.29, 0.717) is 5.75 Å². The molecular formula is C18H21NO6S2. The molecule has 0 heterocycles. The molecule has 0 aliphatic heterocycles. The molecule has 2 aromatic carbocycles. The summed E-state index contributed by atoms with van der Waals surface area (Å²) >= 11 is 1.50. The van der Waals surface area contributed by atoms with Crippen LogP contribution in [0.1, 0.15) is 0 Å². The Balaban J connectivity index is 2.58. The minimum atomic E-state index is -4.03. The highest BCUT2D eigenvalue weighted by Crippen LogP contribution is 2.35. The van der Waals surface area contributed by atoms with E-state index < -0.39 is 22.5 Å². The molecule has 7 nitrogen and oxygen atoms in total. The predicted molar refractivity (Wildman–Crippen MR) is 104 cm³/mol. The third kappa shape index (κ3) is 4.67. The number of carbonyl (C=O) groups is 1. The molecule has 0 saturated carbocycles. The molecule has 0 N–H and O–H groups in total.